The average Bonchev–Trinajstić information content (AvgIpc) is 2.44. The van der Waals surface area contributed by atoms with Gasteiger partial charge in [-0.3, -0.25) is 0 Å². The smallest absolute Gasteiger partial charge is 0.339 e. The lowest BCUT2D eigenvalue weighted by Crippen LogP contribution is -2.44. The highest BCUT2D eigenvalue weighted by atomic mass is 16.4. The Morgan fingerprint density at radius 2 is 1.74 bits per heavy atom. The van der Waals surface area contributed by atoms with Crippen molar-refractivity contribution in [1.29, 1.82) is 0 Å². The minimum Gasteiger partial charge on any atom is -0.507 e. The van der Waals surface area contributed by atoms with E-state index in [-0.39, 0.29) is 16.6 Å². The van der Waals surface area contributed by atoms with Gasteiger partial charge >= 0.3 is 5.63 Å². The molecule has 0 atom stereocenters. The van der Waals surface area contributed by atoms with E-state index < -0.39 is 5.63 Å². The number of fused-ring (bicyclic) bond motifs is 2. The molecule has 0 bridgehead atoms. The predicted octanol–water partition coefficient (Wildman–Crippen LogP) is 3.67. The molecule has 0 saturated heterocycles. The molecule has 2 aromatic rings. The molecule has 1 aromatic carbocycles. The standard InChI is InChI=1S/C19H23NO3/c1-18(2)5-7-20-8-6-19(3,4)15-16(20)12(18)9-11-13(21)10-14(22)23-17(11)15/h9-10,21H,5-8H2,1-4H3. The Morgan fingerprint density at radius 3 is 2.43 bits per heavy atom. The van der Waals surface area contributed by atoms with Crippen LogP contribution in [0.25, 0.3) is 11.0 Å². The Balaban J connectivity index is 2.23. The fourth-order valence-electron chi connectivity index (χ4n) is 4.17. The fourth-order valence-corrected chi connectivity index (χ4v) is 4.17. The second kappa shape index (κ2) is 4.31. The molecule has 0 aliphatic carbocycles. The first-order chi connectivity index (χ1) is 10.7. The van der Waals surface area contributed by atoms with E-state index in [9.17, 15) is 9.90 Å². The number of hydrogen-bond donors (Lipinski definition) is 1. The van der Waals surface area contributed by atoms with E-state index in [1.165, 1.54) is 17.3 Å². The molecule has 0 unspecified atom stereocenters. The van der Waals surface area contributed by atoms with Gasteiger partial charge in [0, 0.05) is 24.3 Å². The summed E-state index contributed by atoms with van der Waals surface area (Å²) in [5.74, 6) is 0.0181. The Kier molecular flexibility index (Phi) is 2.74. The summed E-state index contributed by atoms with van der Waals surface area (Å²) in [5, 5.41) is 11.0. The summed E-state index contributed by atoms with van der Waals surface area (Å²) < 4.78 is 5.57. The summed E-state index contributed by atoms with van der Waals surface area (Å²) in [7, 11) is 0. The maximum absolute atomic E-state index is 11.8. The summed E-state index contributed by atoms with van der Waals surface area (Å²) in [5.41, 5.74) is 3.58. The van der Waals surface area contributed by atoms with Crippen molar-refractivity contribution in [3.05, 3.63) is 33.7 Å². The Morgan fingerprint density at radius 1 is 1.09 bits per heavy atom. The zero-order valence-electron chi connectivity index (χ0n) is 14.2. The first-order valence-electron chi connectivity index (χ1n) is 8.30. The van der Waals surface area contributed by atoms with Crippen LogP contribution >= 0.6 is 0 Å². The topological polar surface area (TPSA) is 53.7 Å². The number of benzene rings is 1. The van der Waals surface area contributed by atoms with Crippen LogP contribution in [-0.4, -0.2) is 18.2 Å². The lowest BCUT2D eigenvalue weighted by molar-refractivity contribution is 0.397. The fraction of sp³-hybridized carbons (Fsp3) is 0.526. The number of rotatable bonds is 0. The molecular weight excluding hydrogens is 290 g/mol. The molecule has 3 heterocycles. The highest BCUT2D eigenvalue weighted by Gasteiger charge is 2.42. The van der Waals surface area contributed by atoms with Gasteiger partial charge in [-0.1, -0.05) is 27.7 Å². The number of aromatic hydroxyl groups is 1. The molecule has 0 saturated carbocycles. The lowest BCUT2D eigenvalue weighted by Gasteiger charge is -2.48. The van der Waals surface area contributed by atoms with Crippen molar-refractivity contribution in [3.63, 3.8) is 0 Å². The first-order valence-corrected chi connectivity index (χ1v) is 8.30. The van der Waals surface area contributed by atoms with Crippen molar-refractivity contribution in [1.82, 2.24) is 0 Å². The zero-order chi connectivity index (χ0) is 16.6. The van der Waals surface area contributed by atoms with Crippen molar-refractivity contribution in [2.24, 2.45) is 0 Å². The second-order valence-electron chi connectivity index (χ2n) is 8.23. The van der Waals surface area contributed by atoms with Gasteiger partial charge in [0.2, 0.25) is 0 Å². The summed E-state index contributed by atoms with van der Waals surface area (Å²) in [6, 6.07) is 3.20. The molecule has 23 heavy (non-hydrogen) atoms. The number of nitrogens with zero attached hydrogens (tertiary/aromatic N) is 1. The predicted molar refractivity (Wildman–Crippen MR) is 91.6 cm³/mol. The molecule has 2 aliphatic rings. The van der Waals surface area contributed by atoms with Gasteiger partial charge in [-0.05, 0) is 35.3 Å². The van der Waals surface area contributed by atoms with Crippen LogP contribution in [0.5, 0.6) is 5.75 Å². The van der Waals surface area contributed by atoms with Crippen LogP contribution < -0.4 is 10.5 Å². The quantitative estimate of drug-likeness (QED) is 0.754. The van der Waals surface area contributed by atoms with E-state index in [1.54, 1.807) is 0 Å². The third-order valence-electron chi connectivity index (χ3n) is 5.72. The molecule has 0 spiro atoms. The van der Waals surface area contributed by atoms with Gasteiger partial charge in [0.15, 0.2) is 0 Å². The number of hydrogen-bond acceptors (Lipinski definition) is 4. The van der Waals surface area contributed by atoms with Crippen molar-refractivity contribution in [3.8, 4) is 5.75 Å². The van der Waals surface area contributed by atoms with Gasteiger partial charge in [0.25, 0.3) is 0 Å². The maximum atomic E-state index is 11.8. The van der Waals surface area contributed by atoms with Crippen LogP contribution in [0.4, 0.5) is 5.69 Å². The van der Waals surface area contributed by atoms with Crippen molar-refractivity contribution < 1.29 is 9.52 Å². The van der Waals surface area contributed by atoms with E-state index in [2.05, 4.69) is 32.6 Å². The normalized spacial score (nSPS) is 21.3. The van der Waals surface area contributed by atoms with Crippen LogP contribution in [0, 0.1) is 0 Å². The van der Waals surface area contributed by atoms with E-state index in [1.807, 2.05) is 6.07 Å². The van der Waals surface area contributed by atoms with Gasteiger partial charge < -0.3 is 14.4 Å². The third kappa shape index (κ3) is 1.93. The summed E-state index contributed by atoms with van der Waals surface area (Å²) in [6.07, 6.45) is 2.10. The monoisotopic (exact) mass is 313 g/mol. The van der Waals surface area contributed by atoms with Crippen molar-refractivity contribution in [2.75, 3.05) is 18.0 Å². The molecular formula is C19H23NO3. The molecule has 0 radical (unpaired) electrons. The Bertz CT molecular complexity index is 874. The van der Waals surface area contributed by atoms with Gasteiger partial charge in [-0.15, -0.1) is 0 Å². The Labute approximate surface area is 135 Å². The van der Waals surface area contributed by atoms with Crippen molar-refractivity contribution in [2.45, 2.75) is 51.4 Å². The van der Waals surface area contributed by atoms with Gasteiger partial charge in [-0.25, -0.2) is 4.79 Å². The maximum Gasteiger partial charge on any atom is 0.339 e. The highest BCUT2D eigenvalue weighted by molar-refractivity contribution is 5.93. The summed E-state index contributed by atoms with van der Waals surface area (Å²) >= 11 is 0. The van der Waals surface area contributed by atoms with Crippen LogP contribution in [0.2, 0.25) is 0 Å². The zero-order valence-corrected chi connectivity index (χ0v) is 14.2. The SMILES string of the molecule is CC1(C)CCN2CCC(C)(C)c3c2c1cc1c(O)cc(=O)oc31. The van der Waals surface area contributed by atoms with Gasteiger partial charge in [-0.2, -0.15) is 0 Å². The number of anilines is 1. The summed E-state index contributed by atoms with van der Waals surface area (Å²) in [6.45, 7) is 11.0. The molecule has 122 valence electrons. The Hall–Kier alpha value is -1.97. The van der Waals surface area contributed by atoms with E-state index in [4.69, 9.17) is 4.42 Å². The molecule has 0 fully saturated rings. The molecule has 1 N–H and O–H groups in total. The van der Waals surface area contributed by atoms with E-state index >= 15 is 0 Å². The average molecular weight is 313 g/mol. The van der Waals surface area contributed by atoms with Crippen LogP contribution in [-0.2, 0) is 10.8 Å². The summed E-state index contributed by atoms with van der Waals surface area (Å²) in [4.78, 5) is 14.3. The minimum absolute atomic E-state index is 0.0181. The second-order valence-corrected chi connectivity index (χ2v) is 8.23. The van der Waals surface area contributed by atoms with Crippen LogP contribution in [0.3, 0.4) is 0 Å². The molecule has 1 aromatic heterocycles. The minimum atomic E-state index is -0.491. The first kappa shape index (κ1) is 14.6. The molecule has 4 rings (SSSR count). The molecule has 2 aliphatic heterocycles. The van der Waals surface area contributed by atoms with E-state index in [0.29, 0.717) is 11.0 Å². The van der Waals surface area contributed by atoms with Crippen LogP contribution in [0.15, 0.2) is 21.3 Å². The van der Waals surface area contributed by atoms with Gasteiger partial charge in [0.1, 0.15) is 11.3 Å². The molecule has 0 amide bonds. The lowest BCUT2D eigenvalue weighted by atomic mass is 9.69. The largest absolute Gasteiger partial charge is 0.507 e. The molecule has 4 nitrogen and oxygen atoms in total. The van der Waals surface area contributed by atoms with Gasteiger partial charge in [0.05, 0.1) is 11.5 Å². The molecule has 4 heteroatoms. The third-order valence-corrected chi connectivity index (χ3v) is 5.72. The van der Waals surface area contributed by atoms with E-state index in [0.717, 1.165) is 31.5 Å². The van der Waals surface area contributed by atoms with Crippen molar-refractivity contribution >= 4 is 16.7 Å². The highest BCUT2D eigenvalue weighted by Crippen LogP contribution is 2.52. The van der Waals surface area contributed by atoms with Crippen LogP contribution in [0.1, 0.15) is 51.7 Å².